The maximum absolute atomic E-state index is 14.5. The molecule has 0 atom stereocenters. The van der Waals surface area contributed by atoms with E-state index < -0.39 is 23.6 Å². The first-order valence-corrected chi connectivity index (χ1v) is 10.5. The molecule has 0 bridgehead atoms. The van der Waals surface area contributed by atoms with E-state index >= 15 is 0 Å². The molecule has 35 heavy (non-hydrogen) atoms. The zero-order valence-electron chi connectivity index (χ0n) is 18.7. The van der Waals surface area contributed by atoms with E-state index in [1.165, 1.54) is 24.5 Å². The van der Waals surface area contributed by atoms with Gasteiger partial charge in [-0.1, -0.05) is 12.1 Å². The molecular formula is C24H20F4N4O3. The summed E-state index contributed by atoms with van der Waals surface area (Å²) in [5.41, 5.74) is 2.23. The van der Waals surface area contributed by atoms with Gasteiger partial charge in [0, 0.05) is 35.8 Å². The smallest absolute Gasteiger partial charge is 0.478 e. The zero-order valence-corrected chi connectivity index (χ0v) is 18.7. The Kier molecular flexibility index (Phi) is 6.33. The van der Waals surface area contributed by atoms with E-state index in [-0.39, 0.29) is 17.1 Å². The summed E-state index contributed by atoms with van der Waals surface area (Å²) in [5.74, 6) is -2.32. The number of carbonyl (C=O) groups is 1. The van der Waals surface area contributed by atoms with Crippen molar-refractivity contribution in [3.63, 3.8) is 0 Å². The van der Waals surface area contributed by atoms with Crippen LogP contribution in [0.2, 0.25) is 0 Å². The molecule has 7 nitrogen and oxygen atoms in total. The van der Waals surface area contributed by atoms with Crippen LogP contribution in [0.15, 0.2) is 48.8 Å². The molecule has 0 aliphatic carbocycles. The van der Waals surface area contributed by atoms with Crippen molar-refractivity contribution in [3.8, 4) is 17.0 Å². The van der Waals surface area contributed by atoms with Crippen molar-refractivity contribution in [2.75, 3.05) is 11.9 Å². The van der Waals surface area contributed by atoms with Crippen LogP contribution in [-0.4, -0.2) is 38.5 Å². The Bertz CT molecular complexity index is 1420. The molecule has 0 amide bonds. The second-order valence-corrected chi connectivity index (χ2v) is 7.84. The predicted molar refractivity (Wildman–Crippen MR) is 121 cm³/mol. The normalized spacial score (nSPS) is 11.6. The van der Waals surface area contributed by atoms with Crippen LogP contribution < -0.4 is 10.1 Å². The third-order valence-corrected chi connectivity index (χ3v) is 5.48. The van der Waals surface area contributed by atoms with Gasteiger partial charge in [0.25, 0.3) is 0 Å². The Labute approximate surface area is 197 Å². The van der Waals surface area contributed by atoms with Crippen LogP contribution >= 0.6 is 0 Å². The van der Waals surface area contributed by atoms with Gasteiger partial charge in [-0.15, -0.1) is 13.2 Å². The summed E-state index contributed by atoms with van der Waals surface area (Å²) in [6.45, 7) is 4.63. The third-order valence-electron chi connectivity index (χ3n) is 5.48. The fourth-order valence-corrected chi connectivity index (χ4v) is 3.87. The number of hydrogen-bond donors (Lipinski definition) is 2. The second kappa shape index (κ2) is 9.24. The van der Waals surface area contributed by atoms with E-state index in [1.807, 2.05) is 24.5 Å². The van der Waals surface area contributed by atoms with Gasteiger partial charge in [-0.2, -0.15) is 0 Å². The number of carboxylic acid groups (broad SMARTS) is 1. The van der Waals surface area contributed by atoms with Gasteiger partial charge in [-0.3, -0.25) is 0 Å². The van der Waals surface area contributed by atoms with Gasteiger partial charge in [-0.25, -0.2) is 19.2 Å². The largest absolute Gasteiger partial charge is 0.573 e. The second-order valence-electron chi connectivity index (χ2n) is 7.84. The lowest BCUT2D eigenvalue weighted by Gasteiger charge is -2.13. The van der Waals surface area contributed by atoms with E-state index in [0.29, 0.717) is 24.4 Å². The summed E-state index contributed by atoms with van der Waals surface area (Å²) >= 11 is 0. The van der Waals surface area contributed by atoms with Crippen molar-refractivity contribution in [2.45, 2.75) is 26.8 Å². The molecule has 4 rings (SSSR count). The Morgan fingerprint density at radius 3 is 2.60 bits per heavy atom. The number of nitrogens with zero attached hydrogens (tertiary/aromatic N) is 3. The van der Waals surface area contributed by atoms with Crippen LogP contribution in [0.25, 0.3) is 22.2 Å². The van der Waals surface area contributed by atoms with Crippen molar-refractivity contribution >= 4 is 22.7 Å². The maximum Gasteiger partial charge on any atom is 0.573 e. The number of anilines is 1. The first-order valence-electron chi connectivity index (χ1n) is 10.5. The lowest BCUT2D eigenvalue weighted by molar-refractivity contribution is -0.274. The molecule has 2 aromatic carbocycles. The van der Waals surface area contributed by atoms with Gasteiger partial charge < -0.3 is 19.7 Å². The van der Waals surface area contributed by atoms with Gasteiger partial charge in [0.05, 0.1) is 11.2 Å². The first-order chi connectivity index (χ1) is 16.5. The highest BCUT2D eigenvalue weighted by Crippen LogP contribution is 2.31. The number of aromatic carboxylic acids is 1. The average molecular weight is 488 g/mol. The molecule has 11 heteroatoms. The number of nitrogens with one attached hydrogen (secondary N) is 1. The minimum absolute atomic E-state index is 0.212. The van der Waals surface area contributed by atoms with E-state index in [2.05, 4.69) is 20.0 Å². The number of benzene rings is 2. The average Bonchev–Trinajstić information content (AvgIpc) is 3.12. The Morgan fingerprint density at radius 1 is 1.11 bits per heavy atom. The third kappa shape index (κ3) is 5.18. The molecule has 0 aliphatic rings. The van der Waals surface area contributed by atoms with Crippen LogP contribution in [0.3, 0.4) is 0 Å². The molecule has 0 unspecified atom stereocenters. The van der Waals surface area contributed by atoms with E-state index in [4.69, 9.17) is 5.11 Å². The van der Waals surface area contributed by atoms with E-state index in [0.717, 1.165) is 28.8 Å². The summed E-state index contributed by atoms with van der Waals surface area (Å²) in [7, 11) is 0. The molecule has 0 radical (unpaired) electrons. The van der Waals surface area contributed by atoms with Crippen molar-refractivity contribution in [3.05, 3.63) is 71.4 Å². The number of halogens is 4. The van der Waals surface area contributed by atoms with Crippen LogP contribution in [0.4, 0.5) is 23.4 Å². The van der Waals surface area contributed by atoms with Crippen LogP contribution in [0.5, 0.6) is 5.75 Å². The number of aryl methyl sites for hydroxylation is 2. The van der Waals surface area contributed by atoms with Crippen molar-refractivity contribution in [1.82, 2.24) is 14.5 Å². The first kappa shape index (κ1) is 24.0. The number of ether oxygens (including phenoxy) is 1. The number of fused-ring (bicyclic) bond motifs is 1. The van der Waals surface area contributed by atoms with E-state index in [9.17, 15) is 22.4 Å². The molecule has 0 saturated carbocycles. The number of rotatable bonds is 7. The van der Waals surface area contributed by atoms with Crippen molar-refractivity contribution in [1.29, 1.82) is 0 Å². The van der Waals surface area contributed by atoms with Gasteiger partial charge in [0.1, 0.15) is 29.3 Å². The summed E-state index contributed by atoms with van der Waals surface area (Å²) in [5, 5.41) is 13.1. The van der Waals surface area contributed by atoms with Crippen LogP contribution in [0, 0.1) is 19.7 Å². The quantitative estimate of drug-likeness (QED) is 0.331. The molecule has 2 aromatic heterocycles. The predicted octanol–water partition coefficient (Wildman–Crippen LogP) is 5.56. The molecular weight excluding hydrogens is 468 g/mol. The maximum atomic E-state index is 14.5. The highest BCUT2D eigenvalue weighted by molar-refractivity contribution is 5.92. The molecule has 0 spiro atoms. The minimum Gasteiger partial charge on any atom is -0.478 e. The van der Waals surface area contributed by atoms with Crippen molar-refractivity contribution < 1.29 is 32.2 Å². The van der Waals surface area contributed by atoms with E-state index in [1.54, 1.807) is 6.07 Å². The molecule has 2 N–H and O–H groups in total. The molecule has 4 aromatic rings. The van der Waals surface area contributed by atoms with Crippen molar-refractivity contribution in [2.24, 2.45) is 0 Å². The number of aromatic nitrogens is 3. The SMILES string of the molecule is Cc1ccc(F)c2c1cc(C)n2CCNc1cc(-c2ccc(C(=O)O)c(OC(F)(F)F)c2)ncn1. The minimum atomic E-state index is -5.06. The summed E-state index contributed by atoms with van der Waals surface area (Å²) < 4.78 is 58.4. The van der Waals surface area contributed by atoms with Crippen LogP contribution in [0.1, 0.15) is 21.6 Å². The lowest BCUT2D eigenvalue weighted by Crippen LogP contribution is -2.19. The van der Waals surface area contributed by atoms with Crippen LogP contribution in [-0.2, 0) is 6.54 Å². The Morgan fingerprint density at radius 2 is 1.89 bits per heavy atom. The van der Waals surface area contributed by atoms with Gasteiger partial charge in [-0.05, 0) is 43.7 Å². The fourth-order valence-electron chi connectivity index (χ4n) is 3.87. The monoisotopic (exact) mass is 488 g/mol. The standard InChI is InChI=1S/C24H20F4N4O3/c1-13-3-6-18(25)22-17(13)9-14(2)32(22)8-7-29-21-11-19(30-12-31-21)15-4-5-16(23(33)34)20(10-15)35-24(26,27)28/h3-6,9-12H,7-8H2,1-2H3,(H,33,34)(H,29,30,31). The van der Waals surface area contributed by atoms with Gasteiger partial charge in [0.15, 0.2) is 0 Å². The highest BCUT2D eigenvalue weighted by atomic mass is 19.4. The molecule has 0 saturated heterocycles. The van der Waals surface area contributed by atoms with Gasteiger partial charge >= 0.3 is 12.3 Å². The molecule has 182 valence electrons. The zero-order chi connectivity index (χ0) is 25.3. The fraction of sp³-hybridized carbons (Fsp3) is 0.208. The molecule has 2 heterocycles. The topological polar surface area (TPSA) is 89.3 Å². The van der Waals surface area contributed by atoms with Gasteiger partial charge in [0.2, 0.25) is 0 Å². The summed E-state index contributed by atoms with van der Waals surface area (Å²) in [6.07, 6.45) is -3.83. The highest BCUT2D eigenvalue weighted by Gasteiger charge is 2.33. The number of hydrogen-bond acceptors (Lipinski definition) is 5. The Hall–Kier alpha value is -4.15. The summed E-state index contributed by atoms with van der Waals surface area (Å²) in [6, 6.07) is 9.92. The lowest BCUT2D eigenvalue weighted by atomic mass is 10.1. The molecule has 0 fully saturated rings. The number of carboxylic acids is 1. The summed E-state index contributed by atoms with van der Waals surface area (Å²) in [4.78, 5) is 19.4. The number of alkyl halides is 3. The Balaban J connectivity index is 1.54. The molecule has 0 aliphatic heterocycles.